The summed E-state index contributed by atoms with van der Waals surface area (Å²) in [4.78, 5) is 19.8. The minimum absolute atomic E-state index is 0.579. The van der Waals surface area contributed by atoms with Gasteiger partial charge in [0, 0.05) is 12.2 Å². The number of hydrogen-bond donors (Lipinski definition) is 0. The summed E-state index contributed by atoms with van der Waals surface area (Å²) in [5, 5.41) is 0. The fraction of sp³-hybridized carbons (Fsp3) is 0.455. The second-order valence-electron chi connectivity index (χ2n) is 2.86. The van der Waals surface area contributed by atoms with Crippen molar-refractivity contribution in [3.63, 3.8) is 0 Å². The molecule has 1 heterocycles. The van der Waals surface area contributed by atoms with Gasteiger partial charge in [-0.1, -0.05) is 25.8 Å². The molecule has 0 aliphatic carbocycles. The zero-order valence-corrected chi connectivity index (χ0v) is 8.49. The van der Waals surface area contributed by atoms with Crippen molar-refractivity contribution in [1.29, 1.82) is 0 Å². The Morgan fingerprint density at radius 3 is 2.14 bits per heavy atom. The highest BCUT2D eigenvalue weighted by Crippen LogP contribution is 1.97. The largest absolute Gasteiger partial charge is 0.387 e. The fourth-order valence-corrected chi connectivity index (χ4v) is 0.842. The van der Waals surface area contributed by atoms with E-state index in [1.165, 1.54) is 25.7 Å². The topological polar surface area (TPSA) is 43.4 Å². The van der Waals surface area contributed by atoms with E-state index in [4.69, 9.17) is 0 Å². The van der Waals surface area contributed by atoms with E-state index in [1.54, 1.807) is 0 Å². The molecule has 0 aromatic rings. The molecule has 0 aromatic heterocycles. The molecule has 0 amide bonds. The summed E-state index contributed by atoms with van der Waals surface area (Å²) in [5.74, 6) is -1.16. The average molecular weight is 196 g/mol. The van der Waals surface area contributed by atoms with Gasteiger partial charge < -0.3 is 4.74 Å². The number of allylic oxidation sites excluding steroid dienone is 1. The molecule has 3 nitrogen and oxygen atoms in total. The first-order chi connectivity index (χ1) is 6.70. The first-order valence-corrected chi connectivity index (χ1v) is 4.75. The zero-order valence-electron chi connectivity index (χ0n) is 8.49. The molecule has 14 heavy (non-hydrogen) atoms. The van der Waals surface area contributed by atoms with E-state index < -0.39 is 11.9 Å². The number of ether oxygens (including phenoxy) is 1. The number of hydrogen-bond acceptors (Lipinski definition) is 3. The van der Waals surface area contributed by atoms with Crippen LogP contribution in [0.5, 0.6) is 0 Å². The molecule has 3 heteroatoms. The maximum absolute atomic E-state index is 9.92. The second kappa shape index (κ2) is 8.23. The predicted octanol–water partition coefficient (Wildman–Crippen LogP) is 2.38. The number of carbonyl (C=O) groups excluding carboxylic acids is 2. The Morgan fingerprint density at radius 2 is 1.86 bits per heavy atom. The molecule has 0 unspecified atom stereocenters. The van der Waals surface area contributed by atoms with Gasteiger partial charge in [-0.15, -0.1) is 6.58 Å². The second-order valence-corrected chi connectivity index (χ2v) is 2.86. The Bertz CT molecular complexity index is 213. The molecule has 0 aromatic carbocycles. The lowest BCUT2D eigenvalue weighted by molar-refractivity contribution is -0.150. The van der Waals surface area contributed by atoms with Crippen LogP contribution in [0.15, 0.2) is 24.8 Å². The van der Waals surface area contributed by atoms with Gasteiger partial charge in [0.05, 0.1) is 0 Å². The van der Waals surface area contributed by atoms with Crippen LogP contribution in [-0.2, 0) is 14.3 Å². The molecule has 1 aliphatic heterocycles. The fourth-order valence-electron chi connectivity index (χ4n) is 0.842. The average Bonchev–Trinajstić information content (AvgIpc) is 2.52. The van der Waals surface area contributed by atoms with E-state index in [0.29, 0.717) is 0 Å². The van der Waals surface area contributed by atoms with Crippen molar-refractivity contribution in [1.82, 2.24) is 0 Å². The molecule has 0 radical (unpaired) electrons. The third kappa shape index (κ3) is 7.28. The Labute approximate surface area is 84.4 Å². The number of carbonyl (C=O) groups is 2. The smallest absolute Gasteiger partial charge is 0.338 e. The van der Waals surface area contributed by atoms with Gasteiger partial charge in [-0.2, -0.15) is 0 Å². The third-order valence-electron chi connectivity index (χ3n) is 1.57. The Kier molecular flexibility index (Phi) is 7.42. The number of cyclic esters (lactones) is 2. The summed E-state index contributed by atoms with van der Waals surface area (Å²) in [7, 11) is 0. The van der Waals surface area contributed by atoms with E-state index in [-0.39, 0.29) is 0 Å². The molecular formula is C11H16O3. The van der Waals surface area contributed by atoms with Crippen LogP contribution in [0.1, 0.15) is 32.6 Å². The normalized spacial score (nSPS) is 13.2. The number of unbranched alkanes of at least 4 members (excludes halogenated alkanes) is 3. The number of esters is 2. The van der Waals surface area contributed by atoms with Crippen molar-refractivity contribution >= 4 is 11.9 Å². The van der Waals surface area contributed by atoms with Crippen molar-refractivity contribution in [2.45, 2.75) is 32.6 Å². The SMILES string of the molecule is C=CCCCCC.O=C1C=CC(=O)O1. The summed E-state index contributed by atoms with van der Waals surface area (Å²) in [6, 6.07) is 0. The quantitative estimate of drug-likeness (QED) is 0.300. The van der Waals surface area contributed by atoms with Gasteiger partial charge in [0.2, 0.25) is 0 Å². The molecule has 0 N–H and O–H groups in total. The van der Waals surface area contributed by atoms with E-state index >= 15 is 0 Å². The van der Waals surface area contributed by atoms with E-state index in [1.807, 2.05) is 6.08 Å². The van der Waals surface area contributed by atoms with Gasteiger partial charge in [0.15, 0.2) is 0 Å². The standard InChI is InChI=1S/C7H14.C4H2O3/c1-3-5-7-6-4-2;5-3-1-2-4(6)7-3/h3H,1,4-7H2,2H3;1-2H. The Hall–Kier alpha value is -1.38. The van der Waals surface area contributed by atoms with Crippen LogP contribution < -0.4 is 0 Å². The van der Waals surface area contributed by atoms with E-state index in [0.717, 1.165) is 12.2 Å². The molecule has 0 atom stereocenters. The Balaban J connectivity index is 0.000000241. The first kappa shape index (κ1) is 12.6. The van der Waals surface area contributed by atoms with Crippen LogP contribution in [0.4, 0.5) is 0 Å². The summed E-state index contributed by atoms with van der Waals surface area (Å²) in [6.07, 6.45) is 9.33. The molecule has 0 spiro atoms. The van der Waals surface area contributed by atoms with Crippen LogP contribution >= 0.6 is 0 Å². The summed E-state index contributed by atoms with van der Waals surface area (Å²) >= 11 is 0. The van der Waals surface area contributed by atoms with Gasteiger partial charge in [0.25, 0.3) is 0 Å². The lowest BCUT2D eigenvalue weighted by atomic mass is 10.2. The van der Waals surface area contributed by atoms with Crippen LogP contribution in [-0.4, -0.2) is 11.9 Å². The summed E-state index contributed by atoms with van der Waals surface area (Å²) < 4.78 is 3.97. The predicted molar refractivity (Wildman–Crippen MR) is 54.6 cm³/mol. The lowest BCUT2D eigenvalue weighted by Crippen LogP contribution is -1.96. The van der Waals surface area contributed by atoms with Crippen molar-refractivity contribution in [3.8, 4) is 0 Å². The van der Waals surface area contributed by atoms with Gasteiger partial charge in [-0.05, 0) is 12.8 Å². The molecular weight excluding hydrogens is 180 g/mol. The molecule has 0 saturated carbocycles. The molecule has 1 rings (SSSR count). The summed E-state index contributed by atoms with van der Waals surface area (Å²) in [6.45, 7) is 5.84. The molecule has 0 fully saturated rings. The highest BCUT2D eigenvalue weighted by atomic mass is 16.6. The maximum atomic E-state index is 9.92. The minimum Gasteiger partial charge on any atom is -0.387 e. The lowest BCUT2D eigenvalue weighted by Gasteiger charge is -1.87. The molecule has 0 saturated heterocycles. The van der Waals surface area contributed by atoms with Crippen molar-refractivity contribution < 1.29 is 14.3 Å². The van der Waals surface area contributed by atoms with Crippen molar-refractivity contribution in [2.24, 2.45) is 0 Å². The molecule has 1 aliphatic rings. The molecule has 0 bridgehead atoms. The maximum Gasteiger partial charge on any atom is 0.338 e. The van der Waals surface area contributed by atoms with Gasteiger partial charge in [-0.3, -0.25) is 0 Å². The van der Waals surface area contributed by atoms with Crippen LogP contribution in [0, 0.1) is 0 Å². The van der Waals surface area contributed by atoms with Crippen LogP contribution in [0.25, 0.3) is 0 Å². The van der Waals surface area contributed by atoms with E-state index in [9.17, 15) is 9.59 Å². The highest BCUT2D eigenvalue weighted by molar-refractivity contribution is 6.04. The van der Waals surface area contributed by atoms with Crippen molar-refractivity contribution in [2.75, 3.05) is 0 Å². The number of rotatable bonds is 4. The van der Waals surface area contributed by atoms with Gasteiger partial charge in [0.1, 0.15) is 0 Å². The van der Waals surface area contributed by atoms with Gasteiger partial charge in [-0.25, -0.2) is 9.59 Å². The first-order valence-electron chi connectivity index (χ1n) is 4.75. The minimum atomic E-state index is -0.579. The third-order valence-corrected chi connectivity index (χ3v) is 1.57. The van der Waals surface area contributed by atoms with E-state index in [2.05, 4.69) is 18.2 Å². The highest BCUT2D eigenvalue weighted by Gasteiger charge is 2.10. The van der Waals surface area contributed by atoms with Crippen LogP contribution in [0.2, 0.25) is 0 Å². The summed E-state index contributed by atoms with van der Waals surface area (Å²) in [5.41, 5.74) is 0. The van der Waals surface area contributed by atoms with Gasteiger partial charge >= 0.3 is 11.9 Å². The molecule has 78 valence electrons. The Morgan fingerprint density at radius 1 is 1.29 bits per heavy atom. The monoisotopic (exact) mass is 196 g/mol. The van der Waals surface area contributed by atoms with Crippen LogP contribution in [0.3, 0.4) is 0 Å². The zero-order chi connectivity index (χ0) is 10.8. The van der Waals surface area contributed by atoms with Crippen molar-refractivity contribution in [3.05, 3.63) is 24.8 Å².